The summed E-state index contributed by atoms with van der Waals surface area (Å²) >= 11 is 0. The fourth-order valence-corrected chi connectivity index (χ4v) is 1.48. The van der Waals surface area contributed by atoms with Gasteiger partial charge in [0, 0.05) is 6.54 Å². The van der Waals surface area contributed by atoms with Gasteiger partial charge in [-0.15, -0.1) is 0 Å². The highest BCUT2D eigenvalue weighted by Gasteiger charge is 2.56. The highest BCUT2D eigenvalue weighted by atomic mass is 16.4. The fourth-order valence-electron chi connectivity index (χ4n) is 1.48. The van der Waals surface area contributed by atoms with Gasteiger partial charge in [-0.3, -0.25) is 14.4 Å². The quantitative estimate of drug-likeness (QED) is 0.584. The minimum absolute atomic E-state index is 0.264. The molecule has 6 heteroatoms. The number of hydrogen-bond donors (Lipinski definition) is 2. The lowest BCUT2D eigenvalue weighted by molar-refractivity contribution is -0.149. The molecule has 1 aliphatic rings. The van der Waals surface area contributed by atoms with E-state index in [1.54, 1.807) is 6.92 Å². The van der Waals surface area contributed by atoms with E-state index in [-0.39, 0.29) is 13.1 Å². The second kappa shape index (κ2) is 3.88. The molecule has 0 spiro atoms. The zero-order valence-electron chi connectivity index (χ0n) is 8.52. The average molecular weight is 214 g/mol. The van der Waals surface area contributed by atoms with Gasteiger partial charge in [0.05, 0.1) is 0 Å². The summed E-state index contributed by atoms with van der Waals surface area (Å²) < 4.78 is 0. The molecule has 15 heavy (non-hydrogen) atoms. The fraction of sp³-hybridized carbons (Fsp3) is 0.667. The molecule has 0 heterocycles. The van der Waals surface area contributed by atoms with Crippen LogP contribution in [0.3, 0.4) is 0 Å². The Labute approximate surface area is 87.0 Å². The molecule has 1 aliphatic carbocycles. The molecule has 1 fully saturated rings. The van der Waals surface area contributed by atoms with E-state index in [2.05, 4.69) is 0 Å². The first kappa shape index (κ1) is 11.5. The maximum absolute atomic E-state index is 11.8. The number of likely N-dealkylation sites (N-methyl/N-ethyl adjacent to an activating group) is 1. The number of carbonyl (C=O) groups is 3. The third kappa shape index (κ3) is 2.08. The van der Waals surface area contributed by atoms with E-state index < -0.39 is 23.2 Å². The van der Waals surface area contributed by atoms with Crippen molar-refractivity contribution in [3.63, 3.8) is 0 Å². The number of carbonyl (C=O) groups excluding carboxylic acids is 2. The first-order valence-corrected chi connectivity index (χ1v) is 4.75. The molecule has 0 saturated heterocycles. The molecule has 0 aromatic carbocycles. The lowest BCUT2D eigenvalue weighted by atomic mass is 10.0. The zero-order chi connectivity index (χ0) is 11.6. The average Bonchev–Trinajstić information content (AvgIpc) is 2.93. The van der Waals surface area contributed by atoms with Gasteiger partial charge in [-0.05, 0) is 19.8 Å². The number of rotatable bonds is 5. The van der Waals surface area contributed by atoms with Crippen LogP contribution in [-0.2, 0) is 14.4 Å². The van der Waals surface area contributed by atoms with E-state index in [9.17, 15) is 14.4 Å². The highest BCUT2D eigenvalue weighted by molar-refractivity contribution is 6.07. The van der Waals surface area contributed by atoms with Crippen LogP contribution in [0.25, 0.3) is 0 Å². The van der Waals surface area contributed by atoms with E-state index >= 15 is 0 Å². The Kier molecular flexibility index (Phi) is 2.97. The summed E-state index contributed by atoms with van der Waals surface area (Å²) in [5.41, 5.74) is 4.00. The number of carboxylic acids is 1. The summed E-state index contributed by atoms with van der Waals surface area (Å²) in [5, 5.41) is 8.58. The van der Waals surface area contributed by atoms with E-state index in [1.165, 1.54) is 0 Å². The minimum atomic E-state index is -1.12. The van der Waals surface area contributed by atoms with Crippen molar-refractivity contribution in [2.75, 3.05) is 13.1 Å². The molecule has 0 aromatic rings. The summed E-state index contributed by atoms with van der Waals surface area (Å²) in [5.74, 6) is -2.21. The van der Waals surface area contributed by atoms with Crippen LogP contribution in [0.5, 0.6) is 0 Å². The van der Waals surface area contributed by atoms with Crippen LogP contribution in [0.2, 0.25) is 0 Å². The molecule has 2 amide bonds. The molecule has 0 bridgehead atoms. The van der Waals surface area contributed by atoms with E-state index in [1.807, 2.05) is 0 Å². The van der Waals surface area contributed by atoms with Crippen molar-refractivity contribution in [1.29, 1.82) is 0 Å². The molecule has 0 unspecified atom stereocenters. The Balaban J connectivity index is 2.73. The molecule has 0 radical (unpaired) electrons. The van der Waals surface area contributed by atoms with Gasteiger partial charge >= 0.3 is 5.97 Å². The molecular formula is C9H14N2O4. The number of carboxylic acid groups (broad SMARTS) is 1. The smallest absolute Gasteiger partial charge is 0.323 e. The van der Waals surface area contributed by atoms with Crippen LogP contribution < -0.4 is 5.73 Å². The van der Waals surface area contributed by atoms with Crippen molar-refractivity contribution in [2.24, 2.45) is 11.1 Å². The second-order valence-corrected chi connectivity index (χ2v) is 3.66. The first-order chi connectivity index (χ1) is 6.94. The third-order valence-corrected chi connectivity index (χ3v) is 2.63. The Morgan fingerprint density at radius 2 is 1.93 bits per heavy atom. The Morgan fingerprint density at radius 1 is 1.40 bits per heavy atom. The minimum Gasteiger partial charge on any atom is -0.480 e. The molecule has 1 rings (SSSR count). The monoisotopic (exact) mass is 214 g/mol. The Bertz CT molecular complexity index is 309. The summed E-state index contributed by atoms with van der Waals surface area (Å²) in [4.78, 5) is 34.5. The third-order valence-electron chi connectivity index (χ3n) is 2.63. The number of aliphatic carboxylic acids is 1. The van der Waals surface area contributed by atoms with Gasteiger partial charge in [0.2, 0.25) is 11.8 Å². The van der Waals surface area contributed by atoms with Crippen molar-refractivity contribution >= 4 is 17.8 Å². The van der Waals surface area contributed by atoms with E-state index in [4.69, 9.17) is 10.8 Å². The number of nitrogens with zero attached hydrogens (tertiary/aromatic N) is 1. The number of amides is 2. The van der Waals surface area contributed by atoms with Crippen molar-refractivity contribution < 1.29 is 19.5 Å². The molecule has 3 N–H and O–H groups in total. The summed E-state index contributed by atoms with van der Waals surface area (Å²) in [6, 6.07) is 0. The lowest BCUT2D eigenvalue weighted by Gasteiger charge is -2.22. The van der Waals surface area contributed by atoms with Crippen LogP contribution >= 0.6 is 0 Å². The number of primary amides is 1. The summed E-state index contributed by atoms with van der Waals surface area (Å²) in [7, 11) is 0. The van der Waals surface area contributed by atoms with Crippen LogP contribution in [-0.4, -0.2) is 40.9 Å². The van der Waals surface area contributed by atoms with Crippen LogP contribution in [0.1, 0.15) is 19.8 Å². The largest absolute Gasteiger partial charge is 0.480 e. The zero-order valence-corrected chi connectivity index (χ0v) is 8.52. The Morgan fingerprint density at radius 3 is 2.20 bits per heavy atom. The highest BCUT2D eigenvalue weighted by Crippen LogP contribution is 2.46. The summed E-state index contributed by atoms with van der Waals surface area (Å²) in [6.07, 6.45) is 0.856. The standard InChI is InChI=1S/C9H14N2O4/c1-2-11(5-6(12)13)8(15)9(3-4-9)7(10)14/h2-5H2,1H3,(H2,10,14)(H,12,13). The van der Waals surface area contributed by atoms with Crippen molar-refractivity contribution in [3.05, 3.63) is 0 Å². The molecular weight excluding hydrogens is 200 g/mol. The maximum Gasteiger partial charge on any atom is 0.323 e. The molecule has 6 nitrogen and oxygen atoms in total. The predicted octanol–water partition coefficient (Wildman–Crippen LogP) is -0.815. The van der Waals surface area contributed by atoms with Crippen LogP contribution in [0.15, 0.2) is 0 Å². The van der Waals surface area contributed by atoms with E-state index in [0.717, 1.165) is 4.90 Å². The SMILES string of the molecule is CCN(CC(=O)O)C(=O)C1(C(N)=O)CC1. The molecule has 84 valence electrons. The van der Waals surface area contributed by atoms with Gasteiger partial charge in [-0.25, -0.2) is 0 Å². The Hall–Kier alpha value is -1.59. The van der Waals surface area contributed by atoms with Gasteiger partial charge in [0.15, 0.2) is 0 Å². The van der Waals surface area contributed by atoms with Gasteiger partial charge in [0.25, 0.3) is 0 Å². The van der Waals surface area contributed by atoms with Crippen molar-refractivity contribution in [3.8, 4) is 0 Å². The van der Waals surface area contributed by atoms with E-state index in [0.29, 0.717) is 12.8 Å². The normalized spacial score (nSPS) is 16.9. The summed E-state index contributed by atoms with van der Waals surface area (Å²) in [6.45, 7) is 1.54. The number of hydrogen-bond acceptors (Lipinski definition) is 3. The van der Waals surface area contributed by atoms with Crippen molar-refractivity contribution in [1.82, 2.24) is 4.90 Å². The second-order valence-electron chi connectivity index (χ2n) is 3.66. The van der Waals surface area contributed by atoms with Gasteiger partial charge in [-0.2, -0.15) is 0 Å². The lowest BCUT2D eigenvalue weighted by Crippen LogP contribution is -2.45. The molecule has 0 aromatic heterocycles. The molecule has 0 aliphatic heterocycles. The van der Waals surface area contributed by atoms with Crippen molar-refractivity contribution in [2.45, 2.75) is 19.8 Å². The van der Waals surface area contributed by atoms with Gasteiger partial charge in [-0.1, -0.05) is 0 Å². The van der Waals surface area contributed by atoms with Crippen LogP contribution in [0, 0.1) is 5.41 Å². The van der Waals surface area contributed by atoms with Crippen LogP contribution in [0.4, 0.5) is 0 Å². The van der Waals surface area contributed by atoms with Gasteiger partial charge < -0.3 is 15.7 Å². The molecule has 0 atom stereocenters. The predicted molar refractivity (Wildman–Crippen MR) is 50.8 cm³/mol. The van der Waals surface area contributed by atoms with Gasteiger partial charge in [0.1, 0.15) is 12.0 Å². The topological polar surface area (TPSA) is 101 Å². The maximum atomic E-state index is 11.8. The first-order valence-electron chi connectivity index (χ1n) is 4.75. The molecule has 1 saturated carbocycles. The number of nitrogens with two attached hydrogens (primary N) is 1.